The molecule has 0 aromatic heterocycles. The number of sulfone groups is 1. The first kappa shape index (κ1) is 19.0. The number of halogens is 1. The predicted molar refractivity (Wildman–Crippen MR) is 94.0 cm³/mol. The molecule has 0 unspecified atom stereocenters. The van der Waals surface area contributed by atoms with Crippen LogP contribution in [0.2, 0.25) is 0 Å². The van der Waals surface area contributed by atoms with Crippen molar-refractivity contribution < 1.29 is 26.3 Å². The van der Waals surface area contributed by atoms with Crippen LogP contribution in [0.3, 0.4) is 0 Å². The highest BCUT2D eigenvalue weighted by Gasteiger charge is 2.44. The van der Waals surface area contributed by atoms with Gasteiger partial charge in [-0.25, -0.2) is 21.2 Å². The third-order valence-corrected chi connectivity index (χ3v) is 7.85. The van der Waals surface area contributed by atoms with Gasteiger partial charge in [0.25, 0.3) is 0 Å². The zero-order chi connectivity index (χ0) is 18.9. The monoisotopic (exact) mass is 399 g/mol. The lowest BCUT2D eigenvalue weighted by Crippen LogP contribution is -2.46. The Labute approximate surface area is 151 Å². The van der Waals surface area contributed by atoms with Crippen LogP contribution < -0.4 is 0 Å². The second kappa shape index (κ2) is 7.07. The Kier molecular flexibility index (Phi) is 5.16. The first-order valence-corrected chi connectivity index (χ1v) is 11.1. The maximum absolute atomic E-state index is 13.2. The third kappa shape index (κ3) is 3.96. The summed E-state index contributed by atoms with van der Waals surface area (Å²) in [6, 6.07) is 11.9. The van der Waals surface area contributed by atoms with Gasteiger partial charge in [-0.15, -0.1) is 0 Å². The molecule has 1 aliphatic rings. The molecule has 2 aromatic carbocycles. The Hall–Kier alpha value is -1.81. The molecule has 6 nitrogen and oxygen atoms in total. The molecular formula is C17H18FNO5S2. The van der Waals surface area contributed by atoms with Gasteiger partial charge in [-0.05, 0) is 29.8 Å². The van der Waals surface area contributed by atoms with E-state index in [-0.39, 0.29) is 11.4 Å². The predicted octanol–water partition coefficient (Wildman–Crippen LogP) is 1.17. The van der Waals surface area contributed by atoms with E-state index >= 15 is 0 Å². The maximum atomic E-state index is 13.2. The lowest BCUT2D eigenvalue weighted by Gasteiger charge is -2.29. The highest BCUT2D eigenvalue weighted by atomic mass is 32.2. The lowest BCUT2D eigenvalue weighted by molar-refractivity contribution is 0.125. The molecule has 1 saturated heterocycles. The quantitative estimate of drug-likeness (QED) is 0.815. The number of hydrogen-bond donors (Lipinski definition) is 1. The summed E-state index contributed by atoms with van der Waals surface area (Å²) in [6.07, 6.45) is -1.32. The Morgan fingerprint density at radius 2 is 1.65 bits per heavy atom. The van der Waals surface area contributed by atoms with E-state index in [0.717, 1.165) is 28.6 Å². The number of rotatable bonds is 5. The normalized spacial score (nSPS) is 22.6. The summed E-state index contributed by atoms with van der Waals surface area (Å²) in [4.78, 5) is -0.161. The van der Waals surface area contributed by atoms with Crippen molar-refractivity contribution in [3.8, 4) is 0 Å². The summed E-state index contributed by atoms with van der Waals surface area (Å²) < 4.78 is 64.1. The van der Waals surface area contributed by atoms with E-state index in [1.807, 2.05) is 0 Å². The van der Waals surface area contributed by atoms with Crippen molar-refractivity contribution in [2.45, 2.75) is 23.6 Å². The maximum Gasteiger partial charge on any atom is 0.243 e. The van der Waals surface area contributed by atoms with E-state index in [1.54, 1.807) is 30.3 Å². The molecule has 0 aliphatic carbocycles. The number of aliphatic hydroxyl groups excluding tert-OH is 1. The number of hydrogen-bond acceptors (Lipinski definition) is 5. The van der Waals surface area contributed by atoms with Crippen molar-refractivity contribution in [2.75, 3.05) is 11.5 Å². The van der Waals surface area contributed by atoms with Crippen LogP contribution >= 0.6 is 0 Å². The number of sulfonamides is 1. The van der Waals surface area contributed by atoms with Gasteiger partial charge in [-0.1, -0.05) is 30.3 Å². The van der Waals surface area contributed by atoms with Gasteiger partial charge < -0.3 is 5.11 Å². The molecule has 1 heterocycles. The average molecular weight is 399 g/mol. The smallest absolute Gasteiger partial charge is 0.243 e. The fourth-order valence-electron chi connectivity index (χ4n) is 2.97. The molecule has 0 bridgehead atoms. The van der Waals surface area contributed by atoms with Crippen molar-refractivity contribution in [3.05, 3.63) is 66.0 Å². The van der Waals surface area contributed by atoms with Crippen LogP contribution in [0, 0.1) is 5.82 Å². The van der Waals surface area contributed by atoms with Crippen molar-refractivity contribution >= 4 is 19.9 Å². The van der Waals surface area contributed by atoms with Gasteiger partial charge in [0.1, 0.15) is 5.82 Å². The Balaban J connectivity index is 2.04. The molecule has 140 valence electrons. The summed E-state index contributed by atoms with van der Waals surface area (Å²) in [5.74, 6) is -1.52. The standard InChI is InChI=1S/C17H18FNO5S2/c18-14-6-8-15(9-7-14)26(23,24)19(10-13-4-2-1-3-5-13)16-11-25(21,22)12-17(16)20/h1-9,16-17,20H,10-12H2/t16-,17+/m1/s1. The van der Waals surface area contributed by atoms with Crippen molar-refractivity contribution in [3.63, 3.8) is 0 Å². The van der Waals surface area contributed by atoms with Crippen LogP contribution in [-0.4, -0.2) is 49.9 Å². The molecule has 2 aromatic rings. The lowest BCUT2D eigenvalue weighted by atomic mass is 10.2. The van der Waals surface area contributed by atoms with Gasteiger partial charge in [-0.3, -0.25) is 0 Å². The minimum absolute atomic E-state index is 0.0994. The number of nitrogens with zero attached hydrogens (tertiary/aromatic N) is 1. The van der Waals surface area contributed by atoms with Crippen LogP contribution in [0.1, 0.15) is 5.56 Å². The molecule has 1 N–H and O–H groups in total. The SMILES string of the molecule is O=S1(=O)C[C@@H](N(Cc2ccccc2)S(=O)(=O)c2ccc(F)cc2)[C@@H](O)C1. The molecule has 2 atom stereocenters. The fraction of sp³-hybridized carbons (Fsp3) is 0.294. The van der Waals surface area contributed by atoms with E-state index in [2.05, 4.69) is 0 Å². The Morgan fingerprint density at radius 3 is 2.19 bits per heavy atom. The number of benzene rings is 2. The molecule has 9 heteroatoms. The molecule has 0 saturated carbocycles. The molecule has 0 spiro atoms. The van der Waals surface area contributed by atoms with Crippen LogP contribution in [0.15, 0.2) is 59.5 Å². The minimum atomic E-state index is -4.14. The zero-order valence-corrected chi connectivity index (χ0v) is 15.3. The van der Waals surface area contributed by atoms with Gasteiger partial charge in [0, 0.05) is 6.54 Å². The van der Waals surface area contributed by atoms with Crippen LogP contribution in [0.25, 0.3) is 0 Å². The summed E-state index contributed by atoms with van der Waals surface area (Å²) in [6.45, 7) is -0.0994. The van der Waals surface area contributed by atoms with Crippen LogP contribution in [0.4, 0.5) is 4.39 Å². The Morgan fingerprint density at radius 1 is 1.04 bits per heavy atom. The van der Waals surface area contributed by atoms with Gasteiger partial charge in [0.2, 0.25) is 10.0 Å². The summed E-state index contributed by atoms with van der Waals surface area (Å²) in [5.41, 5.74) is 0.648. The molecule has 0 radical (unpaired) electrons. The minimum Gasteiger partial charge on any atom is -0.390 e. The zero-order valence-electron chi connectivity index (χ0n) is 13.7. The average Bonchev–Trinajstić information content (AvgIpc) is 2.86. The summed E-state index contributed by atoms with van der Waals surface area (Å²) in [7, 11) is -7.69. The summed E-state index contributed by atoms with van der Waals surface area (Å²) >= 11 is 0. The molecule has 1 fully saturated rings. The van der Waals surface area contributed by atoms with Gasteiger partial charge in [0.05, 0.1) is 28.5 Å². The second-order valence-corrected chi connectivity index (χ2v) is 10.2. The van der Waals surface area contributed by atoms with E-state index in [9.17, 15) is 26.3 Å². The first-order chi connectivity index (χ1) is 12.2. The van der Waals surface area contributed by atoms with Gasteiger partial charge >= 0.3 is 0 Å². The topological polar surface area (TPSA) is 91.8 Å². The molecule has 3 rings (SSSR count). The molecule has 1 aliphatic heterocycles. The van der Waals surface area contributed by atoms with Crippen LogP contribution in [0.5, 0.6) is 0 Å². The van der Waals surface area contributed by atoms with Crippen molar-refractivity contribution in [2.24, 2.45) is 0 Å². The van der Waals surface area contributed by atoms with Crippen molar-refractivity contribution in [1.29, 1.82) is 0 Å². The number of aliphatic hydroxyl groups is 1. The molecule has 0 amide bonds. The Bertz CT molecular complexity index is 976. The molecular weight excluding hydrogens is 381 g/mol. The van der Waals surface area contributed by atoms with Crippen LogP contribution in [-0.2, 0) is 26.4 Å². The highest BCUT2D eigenvalue weighted by molar-refractivity contribution is 7.92. The fourth-order valence-corrected chi connectivity index (χ4v) is 6.51. The van der Waals surface area contributed by atoms with E-state index in [0.29, 0.717) is 5.56 Å². The largest absolute Gasteiger partial charge is 0.390 e. The van der Waals surface area contributed by atoms with Crippen molar-refractivity contribution in [1.82, 2.24) is 4.31 Å². The molecule has 26 heavy (non-hydrogen) atoms. The first-order valence-electron chi connectivity index (χ1n) is 7.89. The van der Waals surface area contributed by atoms with E-state index < -0.39 is 49.3 Å². The van der Waals surface area contributed by atoms with Gasteiger partial charge in [-0.2, -0.15) is 4.31 Å². The van der Waals surface area contributed by atoms with Gasteiger partial charge in [0.15, 0.2) is 9.84 Å². The highest BCUT2D eigenvalue weighted by Crippen LogP contribution is 2.27. The third-order valence-electron chi connectivity index (χ3n) is 4.26. The van der Waals surface area contributed by atoms with E-state index in [1.165, 1.54) is 0 Å². The summed E-state index contributed by atoms with van der Waals surface area (Å²) in [5, 5.41) is 10.2. The second-order valence-electron chi connectivity index (χ2n) is 6.20. The van der Waals surface area contributed by atoms with E-state index in [4.69, 9.17) is 0 Å².